The van der Waals surface area contributed by atoms with Gasteiger partial charge in [-0.05, 0) is 24.3 Å². The van der Waals surface area contributed by atoms with E-state index in [1.54, 1.807) is 24.3 Å². The molecule has 2 N–H and O–H groups in total. The molecular formula is C18H14ClN3O3S. The van der Waals surface area contributed by atoms with Gasteiger partial charge in [0.2, 0.25) is 5.91 Å². The third-order valence-electron chi connectivity index (χ3n) is 4.22. The standard InChI is InChI=1S/C18H14ClN3O3S/c19-10-6-13-16-14(7-10)26-9-12(22(16)18(25)17(24)21-13)8-15(23)20-11-4-2-1-3-5-11/h1-7,12H,8-9H2,(H,20,23)(H,21,24). The van der Waals surface area contributed by atoms with E-state index in [4.69, 9.17) is 11.6 Å². The van der Waals surface area contributed by atoms with Crippen molar-refractivity contribution in [2.75, 3.05) is 11.1 Å². The molecule has 2 heterocycles. The SMILES string of the molecule is O=C(CC1CSc2cc(Cl)cc3[nH]c(=O)c(=O)n1c23)Nc1ccccc1. The van der Waals surface area contributed by atoms with Crippen LogP contribution in [0.25, 0.3) is 11.0 Å². The fourth-order valence-corrected chi connectivity index (χ4v) is 4.60. The van der Waals surface area contributed by atoms with Crippen molar-refractivity contribution in [2.24, 2.45) is 0 Å². The highest BCUT2D eigenvalue weighted by Crippen LogP contribution is 2.37. The minimum absolute atomic E-state index is 0.0996. The van der Waals surface area contributed by atoms with Gasteiger partial charge in [-0.3, -0.25) is 19.0 Å². The van der Waals surface area contributed by atoms with E-state index in [0.29, 0.717) is 27.5 Å². The summed E-state index contributed by atoms with van der Waals surface area (Å²) in [6.07, 6.45) is 0.0996. The van der Waals surface area contributed by atoms with Gasteiger partial charge in [0.15, 0.2) is 0 Å². The summed E-state index contributed by atoms with van der Waals surface area (Å²) in [6.45, 7) is 0. The van der Waals surface area contributed by atoms with Crippen LogP contribution in [0.2, 0.25) is 5.02 Å². The molecular weight excluding hydrogens is 374 g/mol. The molecule has 26 heavy (non-hydrogen) atoms. The largest absolute Gasteiger partial charge is 0.326 e. The summed E-state index contributed by atoms with van der Waals surface area (Å²) in [5.41, 5.74) is 0.437. The lowest BCUT2D eigenvalue weighted by molar-refractivity contribution is -0.116. The van der Waals surface area contributed by atoms with E-state index in [9.17, 15) is 14.4 Å². The molecule has 0 fully saturated rings. The first-order valence-corrected chi connectivity index (χ1v) is 9.35. The van der Waals surface area contributed by atoms with Crippen molar-refractivity contribution >= 4 is 46.0 Å². The summed E-state index contributed by atoms with van der Waals surface area (Å²) in [7, 11) is 0. The Bertz CT molecular complexity index is 1120. The monoisotopic (exact) mass is 387 g/mol. The average Bonchev–Trinajstić information content (AvgIpc) is 2.61. The van der Waals surface area contributed by atoms with Gasteiger partial charge in [-0.15, -0.1) is 11.8 Å². The zero-order valence-electron chi connectivity index (χ0n) is 13.5. The summed E-state index contributed by atoms with van der Waals surface area (Å²) in [5, 5.41) is 3.30. The second-order valence-electron chi connectivity index (χ2n) is 6.01. The molecule has 0 saturated heterocycles. The van der Waals surface area contributed by atoms with E-state index in [1.165, 1.54) is 16.3 Å². The highest BCUT2D eigenvalue weighted by atomic mass is 35.5. The molecule has 0 radical (unpaired) electrons. The number of rotatable bonds is 3. The van der Waals surface area contributed by atoms with Gasteiger partial charge in [-0.1, -0.05) is 29.8 Å². The number of benzene rings is 2. The number of carbonyl (C=O) groups excluding carboxylic acids is 1. The number of aromatic amines is 1. The van der Waals surface area contributed by atoms with Crippen LogP contribution in [0.1, 0.15) is 12.5 Å². The van der Waals surface area contributed by atoms with Gasteiger partial charge in [0.05, 0.1) is 17.1 Å². The number of amides is 1. The zero-order chi connectivity index (χ0) is 18.3. The van der Waals surface area contributed by atoms with Crippen LogP contribution in [0.5, 0.6) is 0 Å². The fourth-order valence-electron chi connectivity index (χ4n) is 3.12. The van der Waals surface area contributed by atoms with E-state index in [1.807, 2.05) is 18.2 Å². The Morgan fingerprint density at radius 2 is 2.04 bits per heavy atom. The van der Waals surface area contributed by atoms with Gasteiger partial charge in [0, 0.05) is 27.8 Å². The highest BCUT2D eigenvalue weighted by Gasteiger charge is 2.27. The molecule has 0 aliphatic carbocycles. The van der Waals surface area contributed by atoms with Crippen LogP contribution < -0.4 is 16.4 Å². The fraction of sp³-hybridized carbons (Fsp3) is 0.167. The molecule has 1 aromatic heterocycles. The Kier molecular flexibility index (Phi) is 4.34. The summed E-state index contributed by atoms with van der Waals surface area (Å²) in [4.78, 5) is 40.3. The highest BCUT2D eigenvalue weighted by molar-refractivity contribution is 7.99. The van der Waals surface area contributed by atoms with Crippen LogP contribution in [0.3, 0.4) is 0 Å². The number of anilines is 1. The molecule has 1 amide bonds. The van der Waals surface area contributed by atoms with Crippen molar-refractivity contribution in [1.82, 2.24) is 9.55 Å². The average molecular weight is 388 g/mol. The molecule has 0 spiro atoms. The molecule has 8 heteroatoms. The molecule has 6 nitrogen and oxygen atoms in total. The van der Waals surface area contributed by atoms with Gasteiger partial charge < -0.3 is 10.3 Å². The van der Waals surface area contributed by atoms with Gasteiger partial charge in [-0.25, -0.2) is 0 Å². The number of hydrogen-bond donors (Lipinski definition) is 2. The first-order chi connectivity index (χ1) is 12.5. The molecule has 3 aromatic rings. The van der Waals surface area contributed by atoms with Crippen LogP contribution in [0.4, 0.5) is 5.69 Å². The Morgan fingerprint density at radius 3 is 2.81 bits per heavy atom. The van der Waals surface area contributed by atoms with Crippen LogP contribution in [0.15, 0.2) is 56.9 Å². The molecule has 132 valence electrons. The quantitative estimate of drug-likeness (QED) is 0.676. The first-order valence-electron chi connectivity index (χ1n) is 7.99. The van der Waals surface area contributed by atoms with Crippen LogP contribution in [-0.2, 0) is 4.79 Å². The second-order valence-corrected chi connectivity index (χ2v) is 7.51. The maximum absolute atomic E-state index is 12.5. The number of halogens is 1. The van der Waals surface area contributed by atoms with Crippen LogP contribution in [-0.4, -0.2) is 21.2 Å². The van der Waals surface area contributed by atoms with Crippen LogP contribution in [0, 0.1) is 0 Å². The Labute approximate surface area is 157 Å². The van der Waals surface area contributed by atoms with Crippen LogP contribution >= 0.6 is 23.4 Å². The molecule has 1 atom stereocenters. The summed E-state index contributed by atoms with van der Waals surface area (Å²) in [6, 6.07) is 12.1. The molecule has 2 aromatic carbocycles. The van der Waals surface area contributed by atoms with E-state index < -0.39 is 17.2 Å². The second kappa shape index (κ2) is 6.66. The number of hydrogen-bond acceptors (Lipinski definition) is 4. The molecule has 1 aliphatic heterocycles. The predicted octanol–water partition coefficient (Wildman–Crippen LogP) is 3.02. The number of nitrogens with one attached hydrogen (secondary N) is 2. The normalized spacial score (nSPS) is 15.8. The Hall–Kier alpha value is -2.51. The van der Waals surface area contributed by atoms with Crippen molar-refractivity contribution in [3.63, 3.8) is 0 Å². The number of thioether (sulfide) groups is 1. The number of aromatic nitrogens is 2. The number of carbonyl (C=O) groups is 1. The lowest BCUT2D eigenvalue weighted by Crippen LogP contribution is -2.41. The van der Waals surface area contributed by atoms with Crippen molar-refractivity contribution in [3.8, 4) is 0 Å². The lowest BCUT2D eigenvalue weighted by atomic mass is 10.1. The predicted molar refractivity (Wildman–Crippen MR) is 103 cm³/mol. The van der Waals surface area contributed by atoms with Gasteiger partial charge in [0.25, 0.3) is 0 Å². The molecule has 0 saturated carbocycles. The Morgan fingerprint density at radius 1 is 1.27 bits per heavy atom. The molecule has 0 bridgehead atoms. The smallest absolute Gasteiger partial charge is 0.317 e. The minimum atomic E-state index is -0.717. The number of H-pyrrole nitrogens is 1. The summed E-state index contributed by atoms with van der Waals surface area (Å²) < 4.78 is 1.43. The number of nitrogens with zero attached hydrogens (tertiary/aromatic N) is 1. The first kappa shape index (κ1) is 16.9. The maximum atomic E-state index is 12.5. The number of para-hydroxylation sites is 1. The van der Waals surface area contributed by atoms with Crippen molar-refractivity contribution in [2.45, 2.75) is 17.4 Å². The Balaban J connectivity index is 1.73. The van der Waals surface area contributed by atoms with Crippen molar-refractivity contribution < 1.29 is 4.79 Å². The third kappa shape index (κ3) is 3.04. The van der Waals surface area contributed by atoms with Gasteiger partial charge in [0.1, 0.15) is 0 Å². The maximum Gasteiger partial charge on any atom is 0.317 e. The van der Waals surface area contributed by atoms with E-state index in [-0.39, 0.29) is 12.3 Å². The van der Waals surface area contributed by atoms with E-state index in [2.05, 4.69) is 10.3 Å². The van der Waals surface area contributed by atoms with E-state index in [0.717, 1.165) is 4.90 Å². The third-order valence-corrected chi connectivity index (χ3v) is 5.61. The summed E-state index contributed by atoms with van der Waals surface area (Å²) >= 11 is 7.62. The van der Waals surface area contributed by atoms with Crippen molar-refractivity contribution in [3.05, 3.63) is 68.2 Å². The molecule has 4 rings (SSSR count). The lowest BCUT2D eigenvalue weighted by Gasteiger charge is -2.26. The summed E-state index contributed by atoms with van der Waals surface area (Å²) in [5.74, 6) is 0.299. The van der Waals surface area contributed by atoms with Crippen molar-refractivity contribution in [1.29, 1.82) is 0 Å². The topological polar surface area (TPSA) is 84.0 Å². The van der Waals surface area contributed by atoms with Gasteiger partial charge >= 0.3 is 11.1 Å². The minimum Gasteiger partial charge on any atom is -0.326 e. The van der Waals surface area contributed by atoms with E-state index >= 15 is 0 Å². The zero-order valence-corrected chi connectivity index (χ0v) is 15.1. The van der Waals surface area contributed by atoms with Gasteiger partial charge in [-0.2, -0.15) is 0 Å². The molecule has 1 aliphatic rings. The molecule has 1 unspecified atom stereocenters.